The van der Waals surface area contributed by atoms with Crippen LogP contribution in [0.2, 0.25) is 0 Å². The Morgan fingerprint density at radius 1 is 0.968 bits per heavy atom. The number of anilines is 1. The summed E-state index contributed by atoms with van der Waals surface area (Å²) in [5.74, 6) is 0.778. The van der Waals surface area contributed by atoms with Crippen LogP contribution in [0.1, 0.15) is 41.3 Å². The Morgan fingerprint density at radius 3 is 2.35 bits per heavy atom. The van der Waals surface area contributed by atoms with Gasteiger partial charge in [-0.2, -0.15) is 0 Å². The van der Waals surface area contributed by atoms with E-state index >= 15 is 0 Å². The molecule has 0 spiro atoms. The summed E-state index contributed by atoms with van der Waals surface area (Å²) in [6.07, 6.45) is 0. The second-order valence-corrected chi connectivity index (χ2v) is 7.69. The minimum atomic E-state index is -0.133. The van der Waals surface area contributed by atoms with Crippen molar-refractivity contribution in [3.8, 4) is 11.1 Å². The van der Waals surface area contributed by atoms with Gasteiger partial charge in [0.25, 0.3) is 0 Å². The number of rotatable bonds is 5. The van der Waals surface area contributed by atoms with Gasteiger partial charge in [0.1, 0.15) is 11.3 Å². The highest BCUT2D eigenvalue weighted by molar-refractivity contribution is 6.00. The summed E-state index contributed by atoms with van der Waals surface area (Å²) >= 11 is 0. The van der Waals surface area contributed by atoms with Crippen LogP contribution in [-0.4, -0.2) is 26.2 Å². The van der Waals surface area contributed by atoms with Crippen molar-refractivity contribution in [2.24, 2.45) is 0 Å². The Balaban J connectivity index is 1.66. The number of benzene rings is 2. The van der Waals surface area contributed by atoms with E-state index in [9.17, 15) is 9.59 Å². The van der Waals surface area contributed by atoms with Crippen LogP contribution in [0, 0.1) is 13.8 Å². The maximum Gasteiger partial charge on any atom is 0.221 e. The minimum Gasteiger partial charge on any atom is -0.325 e. The fraction of sp³-hybridized carbons (Fsp3) is 0.200. The zero-order valence-corrected chi connectivity index (χ0v) is 18.1. The molecule has 0 aliphatic heterocycles. The van der Waals surface area contributed by atoms with E-state index in [0.717, 1.165) is 44.9 Å². The number of nitrogens with zero attached hydrogens (tertiary/aromatic N) is 3. The number of pyridine rings is 1. The molecule has 2 aromatic carbocycles. The third-order valence-corrected chi connectivity index (χ3v) is 5.32. The molecule has 0 saturated heterocycles. The maximum absolute atomic E-state index is 12.0. The first-order chi connectivity index (χ1) is 14.8. The molecule has 4 aromatic rings. The van der Waals surface area contributed by atoms with Crippen LogP contribution in [0.5, 0.6) is 0 Å². The lowest BCUT2D eigenvalue weighted by molar-refractivity contribution is -0.114. The minimum absolute atomic E-state index is 0.0558. The Labute approximate surface area is 181 Å². The summed E-state index contributed by atoms with van der Waals surface area (Å²) in [6.45, 7) is 7.52. The summed E-state index contributed by atoms with van der Waals surface area (Å²) in [5, 5.41) is 2.80. The van der Waals surface area contributed by atoms with E-state index in [1.54, 1.807) is 6.92 Å². The van der Waals surface area contributed by atoms with Crippen molar-refractivity contribution in [2.75, 3.05) is 5.32 Å². The molecule has 0 saturated carbocycles. The highest BCUT2D eigenvalue weighted by Gasteiger charge is 2.14. The van der Waals surface area contributed by atoms with E-state index in [-0.39, 0.29) is 11.7 Å². The quantitative estimate of drug-likeness (QED) is 0.472. The highest BCUT2D eigenvalue weighted by Crippen LogP contribution is 2.26. The molecule has 0 fully saturated rings. The average Bonchev–Trinajstić information content (AvgIpc) is 3.02. The molecule has 2 heterocycles. The van der Waals surface area contributed by atoms with Crippen LogP contribution in [-0.2, 0) is 11.3 Å². The molecule has 0 unspecified atom stereocenters. The predicted molar refractivity (Wildman–Crippen MR) is 122 cm³/mol. The van der Waals surface area contributed by atoms with Crippen LogP contribution in [0.4, 0.5) is 5.69 Å². The van der Waals surface area contributed by atoms with Crippen LogP contribution in [0.3, 0.4) is 0 Å². The highest BCUT2D eigenvalue weighted by atomic mass is 16.1. The third-order valence-electron chi connectivity index (χ3n) is 5.32. The number of Topliss-reactive ketones (excluding diaryl/α,β-unsaturated/α-hetero) is 1. The summed E-state index contributed by atoms with van der Waals surface area (Å²) in [4.78, 5) is 32.7. The molecule has 0 radical (unpaired) electrons. The van der Waals surface area contributed by atoms with E-state index in [0.29, 0.717) is 12.2 Å². The molecule has 0 atom stereocenters. The number of hydrogen-bond donors (Lipinski definition) is 1. The molecular formula is C25H24N4O2. The molecule has 0 aliphatic carbocycles. The summed E-state index contributed by atoms with van der Waals surface area (Å²) in [7, 11) is 0. The van der Waals surface area contributed by atoms with E-state index in [1.807, 2.05) is 56.3 Å². The topological polar surface area (TPSA) is 76.9 Å². The van der Waals surface area contributed by atoms with E-state index in [1.165, 1.54) is 6.92 Å². The molecule has 1 amide bonds. The molecule has 2 aromatic heterocycles. The van der Waals surface area contributed by atoms with Crippen LogP contribution in [0.25, 0.3) is 22.3 Å². The number of carbonyl (C=O) groups excluding carboxylic acids is 2. The number of aryl methyl sites for hydroxylation is 2. The number of nitrogens with one attached hydrogen (secondary N) is 1. The first-order valence-corrected chi connectivity index (χ1v) is 10.1. The molecule has 0 bridgehead atoms. The van der Waals surface area contributed by atoms with Crippen molar-refractivity contribution in [1.29, 1.82) is 0 Å². The summed E-state index contributed by atoms with van der Waals surface area (Å²) in [6, 6.07) is 17.7. The number of amides is 1. The molecule has 156 valence electrons. The smallest absolute Gasteiger partial charge is 0.221 e. The molecule has 1 N–H and O–H groups in total. The SMILES string of the molecule is CC(=O)Nc1cc2nc(C)n(Cc3ccc(-c4ccccc4C(C)=O)cc3)c2nc1C. The normalized spacial score (nSPS) is 11.0. The zero-order valence-electron chi connectivity index (χ0n) is 18.1. The Kier molecular flexibility index (Phi) is 5.38. The maximum atomic E-state index is 12.0. The van der Waals surface area contributed by atoms with Gasteiger partial charge in [-0.15, -0.1) is 0 Å². The zero-order chi connectivity index (χ0) is 22.1. The predicted octanol–water partition coefficient (Wildman–Crippen LogP) is 4.92. The van der Waals surface area contributed by atoms with Crippen molar-refractivity contribution in [2.45, 2.75) is 34.2 Å². The summed E-state index contributed by atoms with van der Waals surface area (Å²) in [5.41, 5.74) is 6.75. The van der Waals surface area contributed by atoms with Crippen LogP contribution < -0.4 is 5.32 Å². The number of carbonyl (C=O) groups is 2. The molecule has 31 heavy (non-hydrogen) atoms. The van der Waals surface area contributed by atoms with Gasteiger partial charge in [-0.1, -0.05) is 48.5 Å². The first-order valence-electron chi connectivity index (χ1n) is 10.1. The lowest BCUT2D eigenvalue weighted by Gasteiger charge is -2.11. The molecule has 0 aliphatic rings. The fourth-order valence-corrected chi connectivity index (χ4v) is 3.77. The number of hydrogen-bond acceptors (Lipinski definition) is 4. The summed E-state index contributed by atoms with van der Waals surface area (Å²) < 4.78 is 2.07. The number of ketones is 1. The lowest BCUT2D eigenvalue weighted by atomic mass is 9.97. The number of fused-ring (bicyclic) bond motifs is 1. The van der Waals surface area contributed by atoms with E-state index in [4.69, 9.17) is 4.98 Å². The van der Waals surface area contributed by atoms with Gasteiger partial charge in [0.05, 0.1) is 17.9 Å². The molecule has 6 nitrogen and oxygen atoms in total. The first kappa shape index (κ1) is 20.5. The van der Waals surface area contributed by atoms with Crippen molar-refractivity contribution in [3.05, 3.63) is 77.2 Å². The van der Waals surface area contributed by atoms with Gasteiger partial charge in [-0.3, -0.25) is 9.59 Å². The fourth-order valence-electron chi connectivity index (χ4n) is 3.77. The Morgan fingerprint density at radius 2 is 1.68 bits per heavy atom. The van der Waals surface area contributed by atoms with Gasteiger partial charge in [0.2, 0.25) is 5.91 Å². The van der Waals surface area contributed by atoms with Gasteiger partial charge in [-0.05, 0) is 43.5 Å². The van der Waals surface area contributed by atoms with Gasteiger partial charge in [0, 0.05) is 12.5 Å². The van der Waals surface area contributed by atoms with Crippen molar-refractivity contribution in [1.82, 2.24) is 14.5 Å². The van der Waals surface area contributed by atoms with Gasteiger partial charge < -0.3 is 9.88 Å². The van der Waals surface area contributed by atoms with E-state index in [2.05, 4.69) is 27.0 Å². The van der Waals surface area contributed by atoms with Crippen molar-refractivity contribution >= 4 is 28.5 Å². The standard InChI is InChI=1S/C25H24N4O2/c1-15-23(28-18(4)31)13-24-25(26-15)29(17(3)27-24)14-19-9-11-20(12-10-19)22-8-6-5-7-21(22)16(2)30/h5-13H,14H2,1-4H3,(H,28,31). The van der Waals surface area contributed by atoms with E-state index < -0.39 is 0 Å². The largest absolute Gasteiger partial charge is 0.325 e. The Bertz CT molecular complexity index is 1300. The van der Waals surface area contributed by atoms with Gasteiger partial charge in [0.15, 0.2) is 11.4 Å². The number of imidazole rings is 1. The molecule has 6 heteroatoms. The van der Waals surface area contributed by atoms with Crippen molar-refractivity contribution in [3.63, 3.8) is 0 Å². The van der Waals surface area contributed by atoms with Crippen LogP contribution >= 0.6 is 0 Å². The van der Waals surface area contributed by atoms with Crippen molar-refractivity contribution < 1.29 is 9.59 Å². The van der Waals surface area contributed by atoms with Gasteiger partial charge in [-0.25, -0.2) is 9.97 Å². The Hall–Kier alpha value is -3.80. The van der Waals surface area contributed by atoms with Crippen LogP contribution in [0.15, 0.2) is 54.6 Å². The van der Waals surface area contributed by atoms with Gasteiger partial charge >= 0.3 is 0 Å². The third kappa shape index (κ3) is 4.10. The second-order valence-electron chi connectivity index (χ2n) is 7.69. The number of aromatic nitrogens is 3. The molecule has 4 rings (SSSR count). The lowest BCUT2D eigenvalue weighted by Crippen LogP contribution is -2.09. The second kappa shape index (κ2) is 8.14. The monoisotopic (exact) mass is 412 g/mol. The average molecular weight is 412 g/mol. The molecular weight excluding hydrogens is 388 g/mol.